The van der Waals surface area contributed by atoms with Gasteiger partial charge in [-0.15, -0.1) is 0 Å². The summed E-state index contributed by atoms with van der Waals surface area (Å²) in [4.78, 5) is 4.44. The third-order valence-electron chi connectivity index (χ3n) is 2.96. The molecule has 3 heterocycles. The van der Waals surface area contributed by atoms with Gasteiger partial charge in [0.2, 0.25) is 0 Å². The Labute approximate surface area is 99.4 Å². The van der Waals surface area contributed by atoms with E-state index in [1.165, 1.54) is 0 Å². The Hall–Kier alpha value is -1.40. The Morgan fingerprint density at radius 2 is 2.29 bits per heavy atom. The van der Waals surface area contributed by atoms with Crippen LogP contribution >= 0.6 is 0 Å². The van der Waals surface area contributed by atoms with Crippen molar-refractivity contribution in [3.8, 4) is 0 Å². The number of hydrogen-bond acceptors (Lipinski definition) is 4. The zero-order chi connectivity index (χ0) is 11.9. The molecule has 2 aromatic heterocycles. The zero-order valence-electron chi connectivity index (χ0n) is 9.20. The molecule has 1 atom stereocenters. The first-order valence-corrected chi connectivity index (χ1v) is 7.34. The molecule has 1 fully saturated rings. The summed E-state index contributed by atoms with van der Waals surface area (Å²) in [7, 11) is -2.93. The van der Waals surface area contributed by atoms with Crippen LogP contribution in [-0.4, -0.2) is 35.9 Å². The van der Waals surface area contributed by atoms with Crippen molar-refractivity contribution < 1.29 is 8.42 Å². The molecule has 1 saturated heterocycles. The fourth-order valence-electron chi connectivity index (χ4n) is 2.10. The molecule has 1 unspecified atom stereocenters. The molecule has 0 bridgehead atoms. The Kier molecular flexibility index (Phi) is 2.41. The fraction of sp³-hybridized carbons (Fsp3) is 0.364. The summed E-state index contributed by atoms with van der Waals surface area (Å²) in [5.74, 6) is 0.355. The van der Waals surface area contributed by atoms with Gasteiger partial charge in [-0.25, -0.2) is 13.4 Å². The van der Waals surface area contributed by atoms with E-state index in [4.69, 9.17) is 0 Å². The van der Waals surface area contributed by atoms with Gasteiger partial charge in [0.25, 0.3) is 0 Å². The number of nitrogens with zero attached hydrogens (tertiary/aromatic N) is 2. The first kappa shape index (κ1) is 10.7. The molecule has 0 aromatic carbocycles. The molecule has 0 radical (unpaired) electrons. The largest absolute Gasteiger partial charge is 0.307 e. The van der Waals surface area contributed by atoms with Crippen molar-refractivity contribution in [2.24, 2.45) is 0 Å². The van der Waals surface area contributed by atoms with Crippen molar-refractivity contribution in [2.45, 2.75) is 6.04 Å². The average molecular weight is 251 g/mol. The highest BCUT2D eigenvalue weighted by Crippen LogP contribution is 2.18. The van der Waals surface area contributed by atoms with Crippen molar-refractivity contribution in [1.82, 2.24) is 14.7 Å². The van der Waals surface area contributed by atoms with E-state index >= 15 is 0 Å². The molecule has 0 saturated carbocycles. The lowest BCUT2D eigenvalue weighted by molar-refractivity contribution is 0.525. The first-order chi connectivity index (χ1) is 8.14. The minimum absolute atomic E-state index is 0.136. The summed E-state index contributed by atoms with van der Waals surface area (Å²) in [5.41, 5.74) is 1.63. The number of fused-ring (bicyclic) bond motifs is 1. The average Bonchev–Trinajstić information content (AvgIpc) is 2.71. The fourth-order valence-corrected chi connectivity index (χ4v) is 3.49. The van der Waals surface area contributed by atoms with Gasteiger partial charge in [0.15, 0.2) is 9.84 Å². The molecule has 1 N–H and O–H groups in total. The Balaban J connectivity index is 1.98. The van der Waals surface area contributed by atoms with Crippen LogP contribution in [-0.2, 0) is 9.84 Å². The predicted molar refractivity (Wildman–Crippen MR) is 64.6 cm³/mol. The van der Waals surface area contributed by atoms with Crippen molar-refractivity contribution in [1.29, 1.82) is 0 Å². The minimum Gasteiger partial charge on any atom is -0.307 e. The van der Waals surface area contributed by atoms with E-state index < -0.39 is 9.84 Å². The predicted octanol–water partition coefficient (Wildman–Crippen LogP) is 0.393. The van der Waals surface area contributed by atoms with Crippen molar-refractivity contribution in [3.63, 3.8) is 0 Å². The van der Waals surface area contributed by atoms with Gasteiger partial charge in [-0.1, -0.05) is 6.07 Å². The van der Waals surface area contributed by atoms with Crippen LogP contribution in [0.2, 0.25) is 0 Å². The summed E-state index contributed by atoms with van der Waals surface area (Å²) in [6, 6.07) is 5.55. The Morgan fingerprint density at radius 1 is 1.41 bits per heavy atom. The SMILES string of the molecule is O=S1(=O)CCNC(c2cn3ccccc3n2)C1. The monoisotopic (exact) mass is 251 g/mol. The molecule has 1 aliphatic heterocycles. The molecule has 6 heteroatoms. The molecule has 0 aliphatic carbocycles. The maximum atomic E-state index is 11.6. The lowest BCUT2D eigenvalue weighted by Gasteiger charge is -2.21. The standard InChI is InChI=1S/C11H13N3O2S/c15-17(16)6-4-12-10(8-17)9-7-14-5-2-1-3-11(14)13-9/h1-3,5,7,10,12H,4,6,8H2. The van der Waals surface area contributed by atoms with E-state index in [1.807, 2.05) is 35.0 Å². The van der Waals surface area contributed by atoms with Crippen LogP contribution in [0.1, 0.15) is 11.7 Å². The first-order valence-electron chi connectivity index (χ1n) is 5.51. The molecule has 1 aliphatic rings. The minimum atomic E-state index is -2.93. The van der Waals surface area contributed by atoms with Gasteiger partial charge in [-0.2, -0.15) is 0 Å². The quantitative estimate of drug-likeness (QED) is 0.796. The second-order valence-electron chi connectivity index (χ2n) is 4.25. The van der Waals surface area contributed by atoms with Crippen LogP contribution in [0.5, 0.6) is 0 Å². The Morgan fingerprint density at radius 3 is 3.06 bits per heavy atom. The topological polar surface area (TPSA) is 63.5 Å². The maximum Gasteiger partial charge on any atom is 0.153 e. The highest BCUT2D eigenvalue weighted by molar-refractivity contribution is 7.91. The lowest BCUT2D eigenvalue weighted by Crippen LogP contribution is -2.39. The van der Waals surface area contributed by atoms with Crippen LogP contribution in [0.4, 0.5) is 0 Å². The molecule has 90 valence electrons. The van der Waals surface area contributed by atoms with Crippen LogP contribution in [0.3, 0.4) is 0 Å². The number of nitrogens with one attached hydrogen (secondary N) is 1. The summed E-state index contributed by atoms with van der Waals surface area (Å²) in [5, 5.41) is 3.20. The van der Waals surface area contributed by atoms with Crippen molar-refractivity contribution in [2.75, 3.05) is 18.1 Å². The van der Waals surface area contributed by atoms with Gasteiger partial charge < -0.3 is 9.72 Å². The lowest BCUT2D eigenvalue weighted by atomic mass is 10.2. The van der Waals surface area contributed by atoms with Gasteiger partial charge in [-0.05, 0) is 12.1 Å². The van der Waals surface area contributed by atoms with Crippen molar-refractivity contribution >= 4 is 15.5 Å². The molecular weight excluding hydrogens is 238 g/mol. The summed E-state index contributed by atoms with van der Waals surface area (Å²) < 4.78 is 25.1. The summed E-state index contributed by atoms with van der Waals surface area (Å²) in [6.07, 6.45) is 3.79. The van der Waals surface area contributed by atoms with E-state index in [0.717, 1.165) is 11.3 Å². The van der Waals surface area contributed by atoms with E-state index in [2.05, 4.69) is 10.3 Å². The molecule has 3 rings (SSSR count). The van der Waals surface area contributed by atoms with Gasteiger partial charge in [0, 0.05) is 18.9 Å². The van der Waals surface area contributed by atoms with E-state index in [0.29, 0.717) is 6.54 Å². The second-order valence-corrected chi connectivity index (χ2v) is 6.48. The summed E-state index contributed by atoms with van der Waals surface area (Å²) >= 11 is 0. The van der Waals surface area contributed by atoms with E-state index in [1.54, 1.807) is 0 Å². The van der Waals surface area contributed by atoms with Gasteiger partial charge in [0.05, 0.1) is 23.2 Å². The number of hydrogen-bond donors (Lipinski definition) is 1. The molecule has 0 amide bonds. The number of rotatable bonds is 1. The molecule has 17 heavy (non-hydrogen) atoms. The normalized spacial score (nSPS) is 23.9. The van der Waals surface area contributed by atoms with Gasteiger partial charge >= 0.3 is 0 Å². The van der Waals surface area contributed by atoms with Crippen LogP contribution in [0.15, 0.2) is 30.6 Å². The molecular formula is C11H13N3O2S. The third-order valence-corrected chi connectivity index (χ3v) is 4.63. The Bertz CT molecular complexity index is 615. The van der Waals surface area contributed by atoms with Gasteiger partial charge in [0.1, 0.15) is 5.65 Å². The summed E-state index contributed by atoms with van der Waals surface area (Å²) in [6.45, 7) is 0.501. The third kappa shape index (κ3) is 2.05. The van der Waals surface area contributed by atoms with Crippen LogP contribution in [0, 0.1) is 0 Å². The zero-order valence-corrected chi connectivity index (χ0v) is 10.0. The van der Waals surface area contributed by atoms with E-state index in [-0.39, 0.29) is 17.5 Å². The molecule has 0 spiro atoms. The number of aromatic nitrogens is 2. The smallest absolute Gasteiger partial charge is 0.153 e. The van der Waals surface area contributed by atoms with Crippen LogP contribution in [0.25, 0.3) is 5.65 Å². The number of sulfone groups is 1. The number of pyridine rings is 1. The van der Waals surface area contributed by atoms with Crippen molar-refractivity contribution in [3.05, 3.63) is 36.3 Å². The van der Waals surface area contributed by atoms with E-state index in [9.17, 15) is 8.42 Å². The molecule has 2 aromatic rings. The highest BCUT2D eigenvalue weighted by Gasteiger charge is 2.26. The van der Waals surface area contributed by atoms with Crippen LogP contribution < -0.4 is 5.32 Å². The van der Waals surface area contributed by atoms with Gasteiger partial charge in [-0.3, -0.25) is 0 Å². The highest BCUT2D eigenvalue weighted by atomic mass is 32.2. The second kappa shape index (κ2) is 3.82. The maximum absolute atomic E-state index is 11.6. The molecule has 5 nitrogen and oxygen atoms in total. The number of imidazole rings is 1.